The molecule has 3 aromatic heterocycles. The number of hydrogen-bond acceptors (Lipinski definition) is 8. The van der Waals surface area contributed by atoms with E-state index in [1.54, 1.807) is 40.7 Å². The Morgan fingerprint density at radius 3 is 2.60 bits per heavy atom. The Labute approximate surface area is 183 Å². The van der Waals surface area contributed by atoms with Crippen LogP contribution in [-0.2, 0) is 14.8 Å². The van der Waals surface area contributed by atoms with Gasteiger partial charge < -0.3 is 10.2 Å². The smallest absolute Gasteiger partial charge is 0.252 e. The zero-order valence-electron chi connectivity index (χ0n) is 17.0. The van der Waals surface area contributed by atoms with Gasteiger partial charge in [0.1, 0.15) is 27.2 Å². The first kappa shape index (κ1) is 21.2. The number of fused-ring (bicyclic) bond motifs is 1. The van der Waals surface area contributed by atoms with Crippen molar-refractivity contribution < 1.29 is 13.2 Å². The second-order valence-corrected chi connectivity index (χ2v) is 11.5. The predicted octanol–water partition coefficient (Wildman–Crippen LogP) is 2.70. The summed E-state index contributed by atoms with van der Waals surface area (Å²) in [6.45, 7) is 7.20. The number of rotatable bonds is 5. The molecule has 0 bridgehead atoms. The van der Waals surface area contributed by atoms with Crippen LogP contribution < -0.4 is 5.32 Å². The summed E-state index contributed by atoms with van der Waals surface area (Å²) < 4.78 is 27.1. The van der Waals surface area contributed by atoms with Crippen molar-refractivity contribution in [3.8, 4) is 0 Å². The number of thiophene rings is 2. The van der Waals surface area contributed by atoms with E-state index >= 15 is 0 Å². The fourth-order valence-electron chi connectivity index (χ4n) is 3.52. The molecule has 0 aromatic carbocycles. The highest BCUT2D eigenvalue weighted by Gasteiger charge is 2.32. The highest BCUT2D eigenvalue weighted by Crippen LogP contribution is 2.32. The second-order valence-electron chi connectivity index (χ2n) is 7.21. The van der Waals surface area contributed by atoms with Crippen molar-refractivity contribution in [2.75, 3.05) is 31.5 Å². The van der Waals surface area contributed by atoms with Gasteiger partial charge in [-0.15, -0.1) is 22.7 Å². The third-order valence-electron chi connectivity index (χ3n) is 5.33. The molecule has 0 radical (unpaired) electrons. The summed E-state index contributed by atoms with van der Waals surface area (Å²) in [6.07, 6.45) is 1.51. The van der Waals surface area contributed by atoms with Gasteiger partial charge in [0.05, 0.1) is 5.39 Å². The molecule has 0 unspecified atom stereocenters. The van der Waals surface area contributed by atoms with Crippen LogP contribution in [0.5, 0.6) is 0 Å². The molecule has 3 aromatic rings. The minimum absolute atomic E-state index is 0.0699. The van der Waals surface area contributed by atoms with Crippen LogP contribution in [0.25, 0.3) is 10.2 Å². The van der Waals surface area contributed by atoms with Crippen molar-refractivity contribution in [2.45, 2.75) is 31.0 Å². The standard InChI is InChI=1S/C19H23N5O3S3/c1-12-14(3)29-18-16(12)17(20-11-21-18)22-13(2)19(25)23-6-8-24(9-7-23)30(26,27)15-5-4-10-28-15/h4-5,10-11,13H,6-9H2,1-3H3,(H,20,21,22)/t13-/m0/s1. The number of piperazine rings is 1. The Morgan fingerprint density at radius 2 is 1.93 bits per heavy atom. The highest BCUT2D eigenvalue weighted by molar-refractivity contribution is 7.91. The molecule has 160 valence electrons. The Hall–Kier alpha value is -2.08. The van der Waals surface area contributed by atoms with Crippen LogP contribution in [0.3, 0.4) is 0 Å². The molecule has 30 heavy (non-hydrogen) atoms. The zero-order valence-corrected chi connectivity index (χ0v) is 19.4. The number of amides is 1. The molecule has 1 aliphatic rings. The summed E-state index contributed by atoms with van der Waals surface area (Å²) in [7, 11) is -3.48. The summed E-state index contributed by atoms with van der Waals surface area (Å²) in [5.41, 5.74) is 1.12. The second kappa shape index (κ2) is 8.22. The van der Waals surface area contributed by atoms with Crippen LogP contribution in [-0.4, -0.2) is 65.7 Å². The normalized spacial score (nSPS) is 16.7. The molecule has 11 heteroatoms. The topological polar surface area (TPSA) is 95.5 Å². The maximum atomic E-state index is 13.0. The molecule has 1 fully saturated rings. The van der Waals surface area contributed by atoms with Crippen LogP contribution in [0.1, 0.15) is 17.4 Å². The summed E-state index contributed by atoms with van der Waals surface area (Å²) in [5.74, 6) is 0.584. The summed E-state index contributed by atoms with van der Waals surface area (Å²) in [4.78, 5) is 25.4. The average molecular weight is 466 g/mol. The lowest BCUT2D eigenvalue weighted by Gasteiger charge is -2.35. The maximum absolute atomic E-state index is 13.0. The van der Waals surface area contributed by atoms with Crippen LogP contribution in [0.2, 0.25) is 0 Å². The van der Waals surface area contributed by atoms with Gasteiger partial charge in [-0.05, 0) is 37.8 Å². The number of nitrogens with zero attached hydrogens (tertiary/aromatic N) is 4. The molecular formula is C19H23N5O3S3. The number of carbonyl (C=O) groups is 1. The van der Waals surface area contributed by atoms with E-state index in [9.17, 15) is 13.2 Å². The van der Waals surface area contributed by atoms with E-state index in [1.807, 2.05) is 13.8 Å². The van der Waals surface area contributed by atoms with Gasteiger partial charge in [-0.25, -0.2) is 18.4 Å². The van der Waals surface area contributed by atoms with Crippen LogP contribution in [0, 0.1) is 13.8 Å². The van der Waals surface area contributed by atoms with Gasteiger partial charge in [0.2, 0.25) is 5.91 Å². The first-order valence-electron chi connectivity index (χ1n) is 9.58. The van der Waals surface area contributed by atoms with E-state index in [-0.39, 0.29) is 5.91 Å². The molecule has 1 aliphatic heterocycles. The molecule has 4 heterocycles. The molecule has 0 saturated carbocycles. The van der Waals surface area contributed by atoms with Crippen molar-refractivity contribution in [1.82, 2.24) is 19.2 Å². The van der Waals surface area contributed by atoms with E-state index in [1.165, 1.54) is 26.8 Å². The Morgan fingerprint density at radius 1 is 1.20 bits per heavy atom. The number of sulfonamides is 1. The summed E-state index contributed by atoms with van der Waals surface area (Å²) in [6, 6.07) is 2.86. The fraction of sp³-hybridized carbons (Fsp3) is 0.421. The van der Waals surface area contributed by atoms with Gasteiger partial charge in [-0.1, -0.05) is 6.07 Å². The predicted molar refractivity (Wildman–Crippen MR) is 120 cm³/mol. The van der Waals surface area contributed by atoms with E-state index < -0.39 is 16.1 Å². The molecule has 1 atom stereocenters. The zero-order chi connectivity index (χ0) is 21.5. The molecule has 4 rings (SSSR count). The quantitative estimate of drug-likeness (QED) is 0.623. The third-order valence-corrected chi connectivity index (χ3v) is 9.72. The Bertz CT molecular complexity index is 1170. The van der Waals surface area contributed by atoms with Crippen molar-refractivity contribution >= 4 is 54.6 Å². The van der Waals surface area contributed by atoms with Gasteiger partial charge in [-0.3, -0.25) is 4.79 Å². The van der Waals surface area contributed by atoms with Crippen LogP contribution in [0.15, 0.2) is 28.0 Å². The minimum atomic E-state index is -3.48. The SMILES string of the molecule is Cc1sc2ncnc(N[C@@H](C)C(=O)N3CCN(S(=O)(=O)c4cccs4)CC3)c2c1C. The van der Waals surface area contributed by atoms with E-state index in [0.717, 1.165) is 15.8 Å². The van der Waals surface area contributed by atoms with Crippen molar-refractivity contribution in [2.24, 2.45) is 0 Å². The Kier molecular flexibility index (Phi) is 5.80. The minimum Gasteiger partial charge on any atom is -0.358 e. The van der Waals surface area contributed by atoms with Crippen LogP contribution >= 0.6 is 22.7 Å². The molecule has 1 amide bonds. The molecule has 1 saturated heterocycles. The molecular weight excluding hydrogens is 442 g/mol. The molecule has 0 spiro atoms. The third kappa shape index (κ3) is 3.82. The van der Waals surface area contributed by atoms with Gasteiger partial charge in [0.25, 0.3) is 10.0 Å². The number of carbonyl (C=O) groups excluding carboxylic acids is 1. The fourth-order valence-corrected chi connectivity index (χ4v) is 7.08. The number of nitrogens with one attached hydrogen (secondary N) is 1. The summed E-state index contributed by atoms with van der Waals surface area (Å²) in [5, 5.41) is 5.94. The lowest BCUT2D eigenvalue weighted by molar-refractivity contribution is -0.132. The number of hydrogen-bond donors (Lipinski definition) is 1. The van der Waals surface area contributed by atoms with Gasteiger partial charge >= 0.3 is 0 Å². The summed E-state index contributed by atoms with van der Waals surface area (Å²) >= 11 is 2.82. The first-order valence-corrected chi connectivity index (χ1v) is 12.7. The first-order chi connectivity index (χ1) is 14.3. The van der Waals surface area contributed by atoms with E-state index in [4.69, 9.17) is 0 Å². The van der Waals surface area contributed by atoms with Gasteiger partial charge in [-0.2, -0.15) is 4.31 Å². The molecule has 0 aliphatic carbocycles. The largest absolute Gasteiger partial charge is 0.358 e. The van der Waals surface area contributed by atoms with Gasteiger partial charge in [0.15, 0.2) is 0 Å². The number of anilines is 1. The van der Waals surface area contributed by atoms with Gasteiger partial charge in [0, 0.05) is 31.1 Å². The lowest BCUT2D eigenvalue weighted by atomic mass is 10.2. The van der Waals surface area contributed by atoms with Crippen LogP contribution in [0.4, 0.5) is 5.82 Å². The monoisotopic (exact) mass is 465 g/mol. The average Bonchev–Trinajstić information content (AvgIpc) is 3.37. The molecule has 8 nitrogen and oxygen atoms in total. The number of aryl methyl sites for hydroxylation is 2. The van der Waals surface area contributed by atoms with Crippen molar-refractivity contribution in [3.63, 3.8) is 0 Å². The molecule has 1 N–H and O–H groups in total. The van der Waals surface area contributed by atoms with E-state index in [0.29, 0.717) is 36.2 Å². The number of aromatic nitrogens is 2. The van der Waals surface area contributed by atoms with E-state index in [2.05, 4.69) is 15.3 Å². The van der Waals surface area contributed by atoms with Crippen molar-refractivity contribution in [1.29, 1.82) is 0 Å². The highest BCUT2D eigenvalue weighted by atomic mass is 32.2. The maximum Gasteiger partial charge on any atom is 0.252 e. The lowest BCUT2D eigenvalue weighted by Crippen LogP contribution is -2.53. The Balaban J connectivity index is 1.43. The van der Waals surface area contributed by atoms with Crippen molar-refractivity contribution in [3.05, 3.63) is 34.3 Å².